The number of thiophene rings is 1. The number of anilines is 1. The summed E-state index contributed by atoms with van der Waals surface area (Å²) in [6, 6.07) is 8.54. The fraction of sp³-hybridized carbons (Fsp3) is 0.143. The molecule has 3 aromatic rings. The molecule has 0 unspecified atom stereocenters. The zero-order chi connectivity index (χ0) is 13.2. The lowest BCUT2D eigenvalue weighted by atomic mass is 10.1. The van der Waals surface area contributed by atoms with Crippen molar-refractivity contribution >= 4 is 27.4 Å². The molecule has 1 N–H and O–H groups in total. The summed E-state index contributed by atoms with van der Waals surface area (Å²) < 4.78 is 12.9. The minimum absolute atomic E-state index is 0.0543. The van der Waals surface area contributed by atoms with Crippen LogP contribution in [0.5, 0.6) is 0 Å². The van der Waals surface area contributed by atoms with Gasteiger partial charge in [0.2, 0.25) is 0 Å². The van der Waals surface area contributed by atoms with Crippen LogP contribution in [-0.4, -0.2) is 9.97 Å². The summed E-state index contributed by atoms with van der Waals surface area (Å²) in [6.07, 6.45) is 1.55. The SMILES string of the molecule is C[C@H](Nc1ncnc2sccc12)c1ccc(F)cc1. The fourth-order valence-corrected chi connectivity index (χ4v) is 2.68. The molecule has 0 aliphatic rings. The Labute approximate surface area is 114 Å². The molecule has 19 heavy (non-hydrogen) atoms. The number of fused-ring (bicyclic) bond motifs is 1. The van der Waals surface area contributed by atoms with Gasteiger partial charge in [-0.05, 0) is 36.1 Å². The smallest absolute Gasteiger partial charge is 0.138 e. The molecule has 1 atom stereocenters. The van der Waals surface area contributed by atoms with Crippen molar-refractivity contribution in [3.05, 3.63) is 53.4 Å². The van der Waals surface area contributed by atoms with Gasteiger partial charge in [0.15, 0.2) is 0 Å². The van der Waals surface area contributed by atoms with Gasteiger partial charge >= 0.3 is 0 Å². The second-order valence-electron chi connectivity index (χ2n) is 4.28. The normalized spacial score (nSPS) is 12.5. The minimum atomic E-state index is -0.224. The maximum atomic E-state index is 12.9. The van der Waals surface area contributed by atoms with Gasteiger partial charge in [0.25, 0.3) is 0 Å². The molecule has 3 nitrogen and oxygen atoms in total. The number of hydrogen-bond acceptors (Lipinski definition) is 4. The Morgan fingerprint density at radius 1 is 1.16 bits per heavy atom. The Kier molecular flexibility index (Phi) is 3.13. The van der Waals surface area contributed by atoms with E-state index >= 15 is 0 Å². The Balaban J connectivity index is 1.88. The van der Waals surface area contributed by atoms with Crippen molar-refractivity contribution in [2.45, 2.75) is 13.0 Å². The van der Waals surface area contributed by atoms with Gasteiger partial charge in [-0.1, -0.05) is 12.1 Å². The lowest BCUT2D eigenvalue weighted by Gasteiger charge is -2.15. The van der Waals surface area contributed by atoms with Gasteiger partial charge in [0, 0.05) is 6.04 Å². The van der Waals surface area contributed by atoms with Crippen molar-refractivity contribution in [3.63, 3.8) is 0 Å². The van der Waals surface area contributed by atoms with Gasteiger partial charge in [-0.25, -0.2) is 14.4 Å². The monoisotopic (exact) mass is 273 g/mol. The molecule has 0 amide bonds. The van der Waals surface area contributed by atoms with E-state index in [0.29, 0.717) is 0 Å². The van der Waals surface area contributed by atoms with Gasteiger partial charge in [-0.2, -0.15) is 0 Å². The van der Waals surface area contributed by atoms with E-state index in [1.165, 1.54) is 12.1 Å². The third-order valence-electron chi connectivity index (χ3n) is 2.98. The first-order chi connectivity index (χ1) is 9.24. The van der Waals surface area contributed by atoms with Crippen LogP contribution in [0.15, 0.2) is 42.0 Å². The molecule has 0 saturated carbocycles. The molecule has 0 aliphatic carbocycles. The first-order valence-electron chi connectivity index (χ1n) is 5.94. The van der Waals surface area contributed by atoms with E-state index in [-0.39, 0.29) is 11.9 Å². The number of benzene rings is 1. The van der Waals surface area contributed by atoms with E-state index < -0.39 is 0 Å². The molecule has 0 radical (unpaired) electrons. The average Bonchev–Trinajstić information content (AvgIpc) is 2.89. The number of nitrogens with zero attached hydrogens (tertiary/aromatic N) is 2. The van der Waals surface area contributed by atoms with E-state index in [0.717, 1.165) is 21.6 Å². The predicted molar refractivity (Wildman–Crippen MR) is 75.9 cm³/mol. The van der Waals surface area contributed by atoms with Crippen molar-refractivity contribution in [2.75, 3.05) is 5.32 Å². The lowest BCUT2D eigenvalue weighted by Crippen LogP contribution is -2.08. The molecule has 3 rings (SSSR count). The summed E-state index contributed by atoms with van der Waals surface area (Å²) in [4.78, 5) is 9.45. The van der Waals surface area contributed by atoms with Crippen LogP contribution in [0.25, 0.3) is 10.2 Å². The van der Waals surface area contributed by atoms with E-state index in [1.807, 2.05) is 18.4 Å². The molecule has 5 heteroatoms. The van der Waals surface area contributed by atoms with Crippen LogP contribution in [-0.2, 0) is 0 Å². The molecule has 0 aliphatic heterocycles. The van der Waals surface area contributed by atoms with E-state index in [9.17, 15) is 4.39 Å². The fourth-order valence-electron chi connectivity index (χ4n) is 1.94. The van der Waals surface area contributed by atoms with Crippen molar-refractivity contribution in [3.8, 4) is 0 Å². The molecule has 2 heterocycles. The van der Waals surface area contributed by atoms with E-state index in [1.54, 1.807) is 29.8 Å². The zero-order valence-electron chi connectivity index (χ0n) is 10.3. The molecular formula is C14H12FN3S. The highest BCUT2D eigenvalue weighted by Crippen LogP contribution is 2.26. The van der Waals surface area contributed by atoms with Gasteiger partial charge in [0.1, 0.15) is 22.8 Å². The maximum absolute atomic E-state index is 12.9. The number of aromatic nitrogens is 2. The highest BCUT2D eigenvalue weighted by atomic mass is 32.1. The Hall–Kier alpha value is -2.01. The van der Waals surface area contributed by atoms with Crippen LogP contribution in [0.1, 0.15) is 18.5 Å². The summed E-state index contributed by atoms with van der Waals surface area (Å²) in [5.41, 5.74) is 1.02. The molecule has 1 aromatic carbocycles. The third kappa shape index (κ3) is 2.42. The van der Waals surface area contributed by atoms with Crippen LogP contribution in [0, 0.1) is 5.82 Å². The van der Waals surface area contributed by atoms with Gasteiger partial charge in [-0.3, -0.25) is 0 Å². The Bertz CT molecular complexity index is 693. The summed E-state index contributed by atoms with van der Waals surface area (Å²) in [7, 11) is 0. The zero-order valence-corrected chi connectivity index (χ0v) is 11.1. The number of nitrogens with one attached hydrogen (secondary N) is 1. The Morgan fingerprint density at radius 3 is 2.74 bits per heavy atom. The summed E-state index contributed by atoms with van der Waals surface area (Å²) in [5, 5.41) is 6.35. The Morgan fingerprint density at radius 2 is 1.95 bits per heavy atom. The summed E-state index contributed by atoms with van der Waals surface area (Å²) in [6.45, 7) is 2.02. The van der Waals surface area contributed by atoms with Crippen LogP contribution in [0.2, 0.25) is 0 Å². The summed E-state index contributed by atoms with van der Waals surface area (Å²) >= 11 is 1.59. The highest BCUT2D eigenvalue weighted by Gasteiger charge is 2.09. The molecule has 0 spiro atoms. The standard InChI is InChI=1S/C14H12FN3S/c1-9(10-2-4-11(15)5-3-10)18-13-12-6-7-19-14(12)17-8-16-13/h2-9H,1H3,(H,16,17,18)/t9-/m0/s1. The largest absolute Gasteiger partial charge is 0.363 e. The predicted octanol–water partition coefficient (Wildman–Crippen LogP) is 4.00. The number of rotatable bonds is 3. The first-order valence-corrected chi connectivity index (χ1v) is 6.82. The minimum Gasteiger partial charge on any atom is -0.363 e. The van der Waals surface area contributed by atoms with Crippen molar-refractivity contribution in [2.24, 2.45) is 0 Å². The maximum Gasteiger partial charge on any atom is 0.138 e. The lowest BCUT2D eigenvalue weighted by molar-refractivity contribution is 0.626. The molecular weight excluding hydrogens is 261 g/mol. The average molecular weight is 273 g/mol. The topological polar surface area (TPSA) is 37.8 Å². The second-order valence-corrected chi connectivity index (χ2v) is 5.17. The van der Waals surface area contributed by atoms with E-state index in [2.05, 4.69) is 15.3 Å². The van der Waals surface area contributed by atoms with Crippen LogP contribution < -0.4 is 5.32 Å². The van der Waals surface area contributed by atoms with Crippen LogP contribution >= 0.6 is 11.3 Å². The second kappa shape index (κ2) is 4.93. The van der Waals surface area contributed by atoms with Gasteiger partial charge < -0.3 is 5.32 Å². The number of halogens is 1. The van der Waals surface area contributed by atoms with Crippen molar-refractivity contribution in [1.29, 1.82) is 0 Å². The molecule has 0 fully saturated rings. The highest BCUT2D eigenvalue weighted by molar-refractivity contribution is 7.16. The van der Waals surface area contributed by atoms with Gasteiger partial charge in [-0.15, -0.1) is 11.3 Å². The quantitative estimate of drug-likeness (QED) is 0.783. The first kappa shape index (κ1) is 12.0. The van der Waals surface area contributed by atoms with Crippen molar-refractivity contribution < 1.29 is 4.39 Å². The third-order valence-corrected chi connectivity index (χ3v) is 3.81. The molecule has 96 valence electrons. The number of hydrogen-bond donors (Lipinski definition) is 1. The molecule has 2 aromatic heterocycles. The van der Waals surface area contributed by atoms with Crippen LogP contribution in [0.4, 0.5) is 10.2 Å². The van der Waals surface area contributed by atoms with Crippen LogP contribution in [0.3, 0.4) is 0 Å². The molecule has 0 bridgehead atoms. The summed E-state index contributed by atoms with van der Waals surface area (Å²) in [5.74, 6) is 0.585. The van der Waals surface area contributed by atoms with Gasteiger partial charge in [0.05, 0.1) is 5.39 Å². The molecule has 0 saturated heterocycles. The van der Waals surface area contributed by atoms with Crippen molar-refractivity contribution in [1.82, 2.24) is 9.97 Å². The van der Waals surface area contributed by atoms with E-state index in [4.69, 9.17) is 0 Å².